The summed E-state index contributed by atoms with van der Waals surface area (Å²) in [6, 6.07) is 8.29. The van der Waals surface area contributed by atoms with E-state index in [0.717, 1.165) is 5.56 Å². The molecular weight excluding hydrogens is 316 g/mol. The summed E-state index contributed by atoms with van der Waals surface area (Å²) in [4.78, 5) is 25.4. The number of nitrogens with zero attached hydrogens (tertiary/aromatic N) is 1. The summed E-state index contributed by atoms with van der Waals surface area (Å²) in [7, 11) is 0. The maximum atomic E-state index is 12.6. The number of hydrogen-bond donors (Lipinski definition) is 2. The van der Waals surface area contributed by atoms with Crippen molar-refractivity contribution >= 4 is 12.0 Å². The predicted molar refractivity (Wildman–Crippen MR) is 98.6 cm³/mol. The highest BCUT2D eigenvalue weighted by Gasteiger charge is 2.28. The van der Waals surface area contributed by atoms with Gasteiger partial charge in [-0.2, -0.15) is 0 Å². The largest absolute Gasteiger partial charge is 0.481 e. The Kier molecular flexibility index (Phi) is 6.45. The molecule has 0 saturated carbocycles. The van der Waals surface area contributed by atoms with Crippen LogP contribution in [-0.4, -0.2) is 35.1 Å². The first kappa shape index (κ1) is 19.3. The van der Waals surface area contributed by atoms with Crippen LogP contribution < -0.4 is 5.32 Å². The Labute approximate surface area is 150 Å². The van der Waals surface area contributed by atoms with Crippen LogP contribution in [0.3, 0.4) is 0 Å². The molecule has 0 bridgehead atoms. The fraction of sp³-hybridized carbons (Fsp3) is 0.600. The smallest absolute Gasteiger partial charge is 0.317 e. The van der Waals surface area contributed by atoms with Gasteiger partial charge in [-0.25, -0.2) is 4.79 Å². The Bertz CT molecular complexity index is 587. The van der Waals surface area contributed by atoms with E-state index in [4.69, 9.17) is 5.11 Å². The van der Waals surface area contributed by atoms with Crippen molar-refractivity contribution in [3.63, 3.8) is 0 Å². The van der Waals surface area contributed by atoms with Crippen molar-refractivity contribution in [1.82, 2.24) is 10.2 Å². The Morgan fingerprint density at radius 3 is 2.00 bits per heavy atom. The number of urea groups is 1. The third-order valence-corrected chi connectivity index (χ3v) is 5.04. The lowest BCUT2D eigenvalue weighted by Crippen LogP contribution is -2.47. The zero-order chi connectivity index (χ0) is 18.6. The van der Waals surface area contributed by atoms with Gasteiger partial charge in [-0.05, 0) is 35.8 Å². The Morgan fingerprint density at radius 1 is 1.04 bits per heavy atom. The minimum absolute atomic E-state index is 0.0501. The first-order valence-electron chi connectivity index (χ1n) is 9.17. The minimum Gasteiger partial charge on any atom is -0.481 e. The molecule has 2 N–H and O–H groups in total. The van der Waals surface area contributed by atoms with Crippen molar-refractivity contribution < 1.29 is 14.7 Å². The number of benzene rings is 1. The van der Waals surface area contributed by atoms with E-state index in [1.807, 2.05) is 0 Å². The fourth-order valence-corrected chi connectivity index (χ4v) is 3.28. The van der Waals surface area contributed by atoms with Crippen LogP contribution in [0.5, 0.6) is 0 Å². The average Bonchev–Trinajstić information content (AvgIpc) is 2.59. The van der Waals surface area contributed by atoms with Crippen LogP contribution in [0.2, 0.25) is 0 Å². The molecule has 0 aliphatic carbocycles. The molecule has 1 unspecified atom stereocenters. The fourth-order valence-electron chi connectivity index (χ4n) is 3.28. The molecule has 5 nitrogen and oxygen atoms in total. The number of aliphatic carboxylic acids is 1. The van der Waals surface area contributed by atoms with Crippen molar-refractivity contribution in [2.24, 2.45) is 11.8 Å². The highest BCUT2D eigenvalue weighted by molar-refractivity contribution is 5.76. The zero-order valence-electron chi connectivity index (χ0n) is 15.7. The number of amides is 2. The molecule has 1 fully saturated rings. The van der Waals surface area contributed by atoms with Gasteiger partial charge in [0.2, 0.25) is 0 Å². The lowest BCUT2D eigenvalue weighted by Gasteiger charge is -2.33. The van der Waals surface area contributed by atoms with Crippen molar-refractivity contribution in [2.75, 3.05) is 13.1 Å². The quantitative estimate of drug-likeness (QED) is 0.846. The molecule has 1 saturated heterocycles. The molecule has 2 rings (SSSR count). The number of carbonyl (C=O) groups is 2. The van der Waals surface area contributed by atoms with Crippen LogP contribution in [0.1, 0.15) is 63.6 Å². The maximum absolute atomic E-state index is 12.6. The monoisotopic (exact) mass is 346 g/mol. The van der Waals surface area contributed by atoms with Gasteiger partial charge in [-0.1, -0.05) is 52.0 Å². The van der Waals surface area contributed by atoms with E-state index in [0.29, 0.717) is 31.8 Å². The molecule has 1 aromatic rings. The number of carbonyl (C=O) groups excluding carboxylic acids is 1. The second-order valence-electron chi connectivity index (χ2n) is 7.59. The van der Waals surface area contributed by atoms with Gasteiger partial charge in [0, 0.05) is 13.1 Å². The lowest BCUT2D eigenvalue weighted by atomic mass is 9.93. The molecule has 5 heteroatoms. The van der Waals surface area contributed by atoms with E-state index in [1.54, 1.807) is 4.90 Å². The van der Waals surface area contributed by atoms with Gasteiger partial charge in [-0.3, -0.25) is 4.79 Å². The van der Waals surface area contributed by atoms with E-state index in [2.05, 4.69) is 57.3 Å². The maximum Gasteiger partial charge on any atom is 0.317 e. The molecule has 0 radical (unpaired) electrons. The van der Waals surface area contributed by atoms with Gasteiger partial charge in [0.1, 0.15) is 0 Å². The summed E-state index contributed by atoms with van der Waals surface area (Å²) in [6.07, 6.45) is 1.05. The van der Waals surface area contributed by atoms with Crippen LogP contribution in [0.4, 0.5) is 4.79 Å². The summed E-state index contributed by atoms with van der Waals surface area (Å²) in [5, 5.41) is 12.2. The molecule has 25 heavy (non-hydrogen) atoms. The number of piperidine rings is 1. The zero-order valence-corrected chi connectivity index (χ0v) is 15.7. The third-order valence-electron chi connectivity index (χ3n) is 5.04. The Morgan fingerprint density at radius 2 is 1.56 bits per heavy atom. The topological polar surface area (TPSA) is 69.6 Å². The molecule has 0 aromatic heterocycles. The molecule has 1 aliphatic rings. The second kappa shape index (κ2) is 8.37. The summed E-state index contributed by atoms with van der Waals surface area (Å²) in [6.45, 7) is 9.52. The number of rotatable bonds is 5. The Balaban J connectivity index is 2.01. The van der Waals surface area contributed by atoms with Crippen molar-refractivity contribution in [2.45, 2.75) is 52.5 Å². The van der Waals surface area contributed by atoms with Crippen LogP contribution in [-0.2, 0) is 4.79 Å². The normalized spacial score (nSPS) is 17.0. The highest BCUT2D eigenvalue weighted by Crippen LogP contribution is 2.25. The number of carboxylic acid groups (broad SMARTS) is 1. The van der Waals surface area contributed by atoms with Crippen LogP contribution >= 0.6 is 0 Å². The van der Waals surface area contributed by atoms with Crippen molar-refractivity contribution in [3.05, 3.63) is 35.4 Å². The van der Waals surface area contributed by atoms with E-state index >= 15 is 0 Å². The lowest BCUT2D eigenvalue weighted by molar-refractivity contribution is -0.143. The van der Waals surface area contributed by atoms with Gasteiger partial charge in [0.15, 0.2) is 0 Å². The first-order valence-corrected chi connectivity index (χ1v) is 9.17. The van der Waals surface area contributed by atoms with Gasteiger partial charge in [0.25, 0.3) is 0 Å². The average molecular weight is 346 g/mol. The first-order chi connectivity index (χ1) is 11.8. The van der Waals surface area contributed by atoms with E-state index < -0.39 is 5.97 Å². The summed E-state index contributed by atoms with van der Waals surface area (Å²) < 4.78 is 0. The standard InChI is InChI=1S/C20H30N2O3/c1-13(2)15-5-7-16(8-6-15)18(14(3)4)21-20(25)22-11-9-17(10-12-22)19(23)24/h5-8,13-14,17-18H,9-12H2,1-4H3,(H,21,25)(H,23,24). The Hall–Kier alpha value is -2.04. The van der Waals surface area contributed by atoms with E-state index in [-0.39, 0.29) is 23.9 Å². The number of nitrogens with one attached hydrogen (secondary N) is 1. The summed E-state index contributed by atoms with van der Waals surface area (Å²) in [5.41, 5.74) is 2.39. The highest BCUT2D eigenvalue weighted by atomic mass is 16.4. The number of carboxylic acids is 1. The molecule has 1 atom stereocenters. The van der Waals surface area contributed by atoms with Crippen molar-refractivity contribution in [3.8, 4) is 0 Å². The number of hydrogen-bond acceptors (Lipinski definition) is 2. The van der Waals surface area contributed by atoms with Crippen LogP contribution in [0.15, 0.2) is 24.3 Å². The molecule has 1 aromatic carbocycles. The molecule has 1 aliphatic heterocycles. The van der Waals surface area contributed by atoms with E-state index in [9.17, 15) is 9.59 Å². The molecule has 138 valence electrons. The number of likely N-dealkylation sites (tertiary alicyclic amines) is 1. The van der Waals surface area contributed by atoms with Gasteiger partial charge in [0.05, 0.1) is 12.0 Å². The molecule has 1 heterocycles. The summed E-state index contributed by atoms with van der Waals surface area (Å²) in [5.74, 6) is -0.332. The third kappa shape index (κ3) is 4.97. The van der Waals surface area contributed by atoms with Crippen LogP contribution in [0, 0.1) is 11.8 Å². The minimum atomic E-state index is -0.759. The van der Waals surface area contributed by atoms with Gasteiger partial charge >= 0.3 is 12.0 Å². The molecular formula is C20H30N2O3. The SMILES string of the molecule is CC(C)c1ccc(C(NC(=O)N2CCC(C(=O)O)CC2)C(C)C)cc1. The van der Waals surface area contributed by atoms with Gasteiger partial charge in [-0.15, -0.1) is 0 Å². The van der Waals surface area contributed by atoms with Gasteiger partial charge < -0.3 is 15.3 Å². The predicted octanol–water partition coefficient (Wildman–Crippen LogP) is 4.01. The second-order valence-corrected chi connectivity index (χ2v) is 7.59. The summed E-state index contributed by atoms with van der Waals surface area (Å²) >= 11 is 0. The molecule has 2 amide bonds. The molecule has 0 spiro atoms. The van der Waals surface area contributed by atoms with E-state index in [1.165, 1.54) is 5.56 Å². The van der Waals surface area contributed by atoms with Crippen molar-refractivity contribution in [1.29, 1.82) is 0 Å². The van der Waals surface area contributed by atoms with Crippen LogP contribution in [0.25, 0.3) is 0 Å².